The van der Waals surface area contributed by atoms with E-state index in [4.69, 9.17) is 9.47 Å². The first-order chi connectivity index (χ1) is 9.72. The lowest BCUT2D eigenvalue weighted by atomic mass is 10.2. The van der Waals surface area contributed by atoms with Crippen LogP contribution in [0, 0.1) is 0 Å². The molecule has 20 heavy (non-hydrogen) atoms. The maximum absolute atomic E-state index is 12.0. The molecule has 4 heteroatoms. The zero-order chi connectivity index (χ0) is 13.9. The third-order valence-corrected chi connectivity index (χ3v) is 4.22. The second-order valence-electron chi connectivity index (χ2n) is 4.51. The Kier molecular flexibility index (Phi) is 3.56. The Morgan fingerprint density at radius 2 is 1.95 bits per heavy atom. The van der Waals surface area contributed by atoms with Crippen molar-refractivity contribution in [2.75, 3.05) is 0 Å². The van der Waals surface area contributed by atoms with E-state index in [-0.39, 0.29) is 0 Å². The van der Waals surface area contributed by atoms with Crippen LogP contribution in [0.4, 0.5) is 0 Å². The van der Waals surface area contributed by atoms with Crippen molar-refractivity contribution in [3.63, 3.8) is 0 Å². The Hall–Kier alpha value is -2.07. The van der Waals surface area contributed by atoms with Crippen molar-refractivity contribution in [3.05, 3.63) is 65.3 Å². The van der Waals surface area contributed by atoms with Gasteiger partial charge in [0, 0.05) is 11.5 Å². The van der Waals surface area contributed by atoms with Gasteiger partial charge in [-0.15, -0.1) is 0 Å². The van der Waals surface area contributed by atoms with Gasteiger partial charge in [-0.05, 0) is 24.6 Å². The summed E-state index contributed by atoms with van der Waals surface area (Å²) in [6.07, 6.45) is 0. The maximum Gasteiger partial charge on any atom is 0.143 e. The minimum absolute atomic E-state index is 0.488. The van der Waals surface area contributed by atoms with E-state index in [9.17, 15) is 4.21 Å². The summed E-state index contributed by atoms with van der Waals surface area (Å²) in [5.74, 6) is 1.99. The minimum Gasteiger partial charge on any atom is -0.489 e. The zero-order valence-corrected chi connectivity index (χ0v) is 11.9. The fourth-order valence-electron chi connectivity index (χ4n) is 1.97. The van der Waals surface area contributed by atoms with Gasteiger partial charge in [-0.2, -0.15) is 0 Å². The number of hydrogen-bond donors (Lipinski definition) is 0. The largest absolute Gasteiger partial charge is 0.489 e. The Bertz CT molecular complexity index is 677. The number of allylic oxidation sites excluding steroid dienone is 1. The lowest BCUT2D eigenvalue weighted by Gasteiger charge is -2.16. The predicted molar refractivity (Wildman–Crippen MR) is 78.0 cm³/mol. The molecule has 0 fully saturated rings. The molecule has 2 aromatic rings. The summed E-state index contributed by atoms with van der Waals surface area (Å²) in [7, 11) is -1.17. The highest BCUT2D eigenvalue weighted by Gasteiger charge is 2.17. The standard InChI is InChI=1S/C16H14O3S/c1-12-11-20(17)16-9-14(7-8-15(16)19-12)18-10-13-5-3-2-4-6-13/h2-9,11H,10H2,1H3. The summed E-state index contributed by atoms with van der Waals surface area (Å²) in [5, 5.41) is 1.60. The lowest BCUT2D eigenvalue weighted by Crippen LogP contribution is -2.04. The molecule has 1 atom stereocenters. The highest BCUT2D eigenvalue weighted by molar-refractivity contribution is 7.88. The molecule has 1 heterocycles. The van der Waals surface area contributed by atoms with Crippen molar-refractivity contribution in [2.45, 2.75) is 18.4 Å². The van der Waals surface area contributed by atoms with E-state index < -0.39 is 10.8 Å². The van der Waals surface area contributed by atoms with Crippen LogP contribution in [0.15, 0.2) is 64.6 Å². The molecule has 0 aliphatic carbocycles. The highest BCUT2D eigenvalue weighted by Crippen LogP contribution is 2.32. The Labute approximate surface area is 120 Å². The van der Waals surface area contributed by atoms with E-state index in [2.05, 4.69) is 0 Å². The zero-order valence-electron chi connectivity index (χ0n) is 11.0. The van der Waals surface area contributed by atoms with Crippen LogP contribution in [0.2, 0.25) is 0 Å². The third-order valence-electron chi connectivity index (χ3n) is 2.92. The number of ether oxygens (including phenoxy) is 2. The number of benzene rings is 2. The fourth-order valence-corrected chi connectivity index (χ4v) is 2.99. The van der Waals surface area contributed by atoms with Crippen molar-refractivity contribution in [1.29, 1.82) is 0 Å². The molecular weight excluding hydrogens is 272 g/mol. The van der Waals surface area contributed by atoms with E-state index >= 15 is 0 Å². The van der Waals surface area contributed by atoms with Gasteiger partial charge >= 0.3 is 0 Å². The van der Waals surface area contributed by atoms with Crippen LogP contribution in [0.25, 0.3) is 0 Å². The molecule has 1 aliphatic heterocycles. The van der Waals surface area contributed by atoms with E-state index in [1.54, 1.807) is 24.5 Å². The molecular formula is C16H14O3S. The van der Waals surface area contributed by atoms with Gasteiger partial charge in [0.25, 0.3) is 0 Å². The average Bonchev–Trinajstić information content (AvgIpc) is 2.46. The van der Waals surface area contributed by atoms with Gasteiger partial charge in [0.2, 0.25) is 0 Å². The summed E-state index contributed by atoms with van der Waals surface area (Å²) in [6, 6.07) is 15.3. The minimum atomic E-state index is -1.17. The average molecular weight is 286 g/mol. The fraction of sp³-hybridized carbons (Fsp3) is 0.125. The normalized spacial score (nSPS) is 16.9. The maximum atomic E-state index is 12.0. The monoisotopic (exact) mass is 286 g/mol. The van der Waals surface area contributed by atoms with E-state index in [1.165, 1.54) is 0 Å². The molecule has 1 aliphatic rings. The van der Waals surface area contributed by atoms with Crippen molar-refractivity contribution in [3.8, 4) is 11.5 Å². The highest BCUT2D eigenvalue weighted by atomic mass is 32.2. The molecule has 102 valence electrons. The topological polar surface area (TPSA) is 35.5 Å². The number of rotatable bonds is 3. The Morgan fingerprint density at radius 1 is 1.15 bits per heavy atom. The molecule has 1 unspecified atom stereocenters. The van der Waals surface area contributed by atoms with Crippen LogP contribution in [0.3, 0.4) is 0 Å². The third kappa shape index (κ3) is 2.75. The van der Waals surface area contributed by atoms with Gasteiger partial charge in [-0.1, -0.05) is 30.3 Å². The summed E-state index contributed by atoms with van der Waals surface area (Å²) >= 11 is 0. The first kappa shape index (κ1) is 12.9. The van der Waals surface area contributed by atoms with E-state index in [0.29, 0.717) is 28.8 Å². The van der Waals surface area contributed by atoms with Crippen molar-refractivity contribution in [1.82, 2.24) is 0 Å². The van der Waals surface area contributed by atoms with Gasteiger partial charge in [0.15, 0.2) is 0 Å². The van der Waals surface area contributed by atoms with Crippen LogP contribution in [-0.4, -0.2) is 4.21 Å². The van der Waals surface area contributed by atoms with Crippen molar-refractivity contribution < 1.29 is 13.7 Å². The molecule has 0 amide bonds. The molecule has 0 saturated heterocycles. The van der Waals surface area contributed by atoms with Crippen LogP contribution < -0.4 is 9.47 Å². The van der Waals surface area contributed by atoms with E-state index in [0.717, 1.165) is 5.56 Å². The molecule has 0 spiro atoms. The predicted octanol–water partition coefficient (Wildman–Crippen LogP) is 3.63. The van der Waals surface area contributed by atoms with Crippen LogP contribution in [-0.2, 0) is 17.4 Å². The van der Waals surface area contributed by atoms with Gasteiger partial charge in [-0.25, -0.2) is 4.21 Å². The number of fused-ring (bicyclic) bond motifs is 1. The van der Waals surface area contributed by atoms with Crippen molar-refractivity contribution >= 4 is 10.8 Å². The van der Waals surface area contributed by atoms with Gasteiger partial charge in [-0.3, -0.25) is 0 Å². The summed E-state index contributed by atoms with van der Waals surface area (Å²) in [6.45, 7) is 2.28. The molecule has 0 bridgehead atoms. The Balaban J connectivity index is 1.77. The molecule has 0 radical (unpaired) electrons. The molecule has 3 rings (SSSR count). The van der Waals surface area contributed by atoms with Gasteiger partial charge in [0.1, 0.15) is 23.9 Å². The summed E-state index contributed by atoms with van der Waals surface area (Å²) in [5.41, 5.74) is 1.10. The van der Waals surface area contributed by atoms with Crippen LogP contribution in [0.1, 0.15) is 12.5 Å². The molecule has 0 saturated carbocycles. The second kappa shape index (κ2) is 5.51. The second-order valence-corrected chi connectivity index (χ2v) is 5.78. The smallest absolute Gasteiger partial charge is 0.143 e. The van der Waals surface area contributed by atoms with Gasteiger partial charge < -0.3 is 9.47 Å². The quantitative estimate of drug-likeness (QED) is 0.864. The summed E-state index contributed by atoms with van der Waals surface area (Å²) in [4.78, 5) is 0.654. The molecule has 0 aromatic heterocycles. The van der Waals surface area contributed by atoms with Gasteiger partial charge in [0.05, 0.1) is 15.7 Å². The first-order valence-corrected chi connectivity index (χ1v) is 7.51. The number of hydrogen-bond acceptors (Lipinski definition) is 3. The molecule has 3 nitrogen and oxygen atoms in total. The molecule has 2 aromatic carbocycles. The van der Waals surface area contributed by atoms with E-state index in [1.807, 2.05) is 36.4 Å². The SMILES string of the molecule is CC1=CS(=O)c2cc(OCc3ccccc3)ccc2O1. The Morgan fingerprint density at radius 3 is 2.75 bits per heavy atom. The first-order valence-electron chi connectivity index (χ1n) is 6.30. The van der Waals surface area contributed by atoms with Crippen LogP contribution >= 0.6 is 0 Å². The summed E-state index contributed by atoms with van der Waals surface area (Å²) < 4.78 is 23.3. The lowest BCUT2D eigenvalue weighted by molar-refractivity contribution is 0.304. The molecule has 0 N–H and O–H groups in total. The van der Waals surface area contributed by atoms with Crippen LogP contribution in [0.5, 0.6) is 11.5 Å². The van der Waals surface area contributed by atoms with Crippen molar-refractivity contribution in [2.24, 2.45) is 0 Å².